The molecule has 0 unspecified atom stereocenters. The summed E-state index contributed by atoms with van der Waals surface area (Å²) in [5, 5.41) is 6.76. The minimum absolute atomic E-state index is 0. The molecule has 172 valence electrons. The van der Waals surface area contributed by atoms with Crippen molar-refractivity contribution in [2.75, 3.05) is 19.3 Å². The molecule has 0 spiro atoms. The van der Waals surface area contributed by atoms with Gasteiger partial charge in [0.15, 0.2) is 15.8 Å². The zero-order chi connectivity index (χ0) is 22.2. The van der Waals surface area contributed by atoms with Crippen molar-refractivity contribution in [2.24, 2.45) is 4.99 Å². The maximum Gasteiger partial charge on any atom is 0.191 e. The van der Waals surface area contributed by atoms with Crippen LogP contribution in [-0.4, -0.2) is 33.7 Å². The van der Waals surface area contributed by atoms with E-state index in [-0.39, 0.29) is 35.1 Å². The first-order chi connectivity index (χ1) is 14.1. The average molecular weight is 558 g/mol. The molecular formula is C24H36IN3O2S. The first kappa shape index (κ1) is 27.4. The molecule has 2 rings (SSSR count). The van der Waals surface area contributed by atoms with E-state index < -0.39 is 9.84 Å². The van der Waals surface area contributed by atoms with Crippen molar-refractivity contribution in [3.8, 4) is 0 Å². The Kier molecular flexibility index (Phi) is 11.0. The molecule has 7 heteroatoms. The number of guanidine groups is 1. The Morgan fingerprint density at radius 2 is 1.45 bits per heavy atom. The number of nitrogens with one attached hydrogen (secondary N) is 2. The molecule has 0 fully saturated rings. The molecule has 0 bridgehead atoms. The van der Waals surface area contributed by atoms with Crippen molar-refractivity contribution in [3.63, 3.8) is 0 Å². The lowest BCUT2D eigenvalue weighted by Crippen LogP contribution is -2.43. The number of nitrogens with zero attached hydrogens (tertiary/aromatic N) is 1. The van der Waals surface area contributed by atoms with E-state index >= 15 is 0 Å². The highest BCUT2D eigenvalue weighted by Gasteiger charge is 2.20. The van der Waals surface area contributed by atoms with Gasteiger partial charge in [-0.15, -0.1) is 24.0 Å². The van der Waals surface area contributed by atoms with Gasteiger partial charge in [-0.2, -0.15) is 0 Å². The summed E-state index contributed by atoms with van der Waals surface area (Å²) < 4.78 is 22.8. The first-order valence-corrected chi connectivity index (χ1v) is 12.6. The Hall–Kier alpha value is -1.61. The maximum atomic E-state index is 11.4. The number of hydrogen-bond acceptors (Lipinski definition) is 3. The van der Waals surface area contributed by atoms with E-state index in [1.165, 1.54) is 17.4 Å². The zero-order valence-electron chi connectivity index (χ0n) is 19.2. The van der Waals surface area contributed by atoms with E-state index in [0.717, 1.165) is 36.6 Å². The fourth-order valence-electron chi connectivity index (χ4n) is 3.15. The van der Waals surface area contributed by atoms with E-state index in [4.69, 9.17) is 0 Å². The minimum atomic E-state index is -3.02. The smallest absolute Gasteiger partial charge is 0.191 e. The molecule has 2 N–H and O–H groups in total. The summed E-state index contributed by atoms with van der Waals surface area (Å²) in [4.78, 5) is 4.69. The Bertz CT molecular complexity index is 938. The van der Waals surface area contributed by atoms with Gasteiger partial charge >= 0.3 is 0 Å². The normalized spacial score (nSPS) is 12.2. The zero-order valence-corrected chi connectivity index (χ0v) is 22.4. The number of rotatable bonds is 9. The van der Waals surface area contributed by atoms with E-state index in [0.29, 0.717) is 6.54 Å². The van der Waals surface area contributed by atoms with Crippen LogP contribution in [0.2, 0.25) is 0 Å². The van der Waals surface area contributed by atoms with Crippen LogP contribution in [0.5, 0.6) is 0 Å². The molecule has 0 heterocycles. The Balaban J connectivity index is 0.00000480. The number of benzene rings is 2. The first-order valence-electron chi connectivity index (χ1n) is 10.5. The summed E-state index contributed by atoms with van der Waals surface area (Å²) in [6.07, 6.45) is 2.30. The van der Waals surface area contributed by atoms with E-state index in [9.17, 15) is 8.42 Å². The van der Waals surface area contributed by atoms with Gasteiger partial charge in [0.05, 0.1) is 12.3 Å². The number of aliphatic imine (C=N–C) groups is 1. The van der Waals surface area contributed by atoms with Gasteiger partial charge in [-0.3, -0.25) is 0 Å². The highest BCUT2D eigenvalue weighted by atomic mass is 127. The Morgan fingerprint density at radius 1 is 0.903 bits per heavy atom. The molecule has 0 radical (unpaired) electrons. The molecule has 0 saturated carbocycles. The van der Waals surface area contributed by atoms with Gasteiger partial charge in [0.25, 0.3) is 0 Å². The second kappa shape index (κ2) is 12.4. The third-order valence-electron chi connectivity index (χ3n) is 5.06. The second-order valence-electron chi connectivity index (χ2n) is 8.37. The standard InChI is InChI=1S/C24H35N3O2S.HI/c1-6-19-12-14-22(15-13-19)24(3,4)18-27-23(25-7-2)26-16-20-8-10-21(11-9-20)17-30(5,28)29;/h8-15H,6-7,16-18H2,1-5H3,(H2,25,26,27);1H. The Labute approximate surface area is 205 Å². The summed E-state index contributed by atoms with van der Waals surface area (Å²) in [6, 6.07) is 16.4. The predicted octanol–water partition coefficient (Wildman–Crippen LogP) is 4.44. The second-order valence-corrected chi connectivity index (χ2v) is 10.5. The molecule has 2 aromatic rings. The molecule has 0 atom stereocenters. The van der Waals surface area contributed by atoms with Crippen molar-refractivity contribution in [2.45, 2.75) is 51.8 Å². The van der Waals surface area contributed by atoms with Crippen LogP contribution in [0.4, 0.5) is 0 Å². The predicted molar refractivity (Wildman–Crippen MR) is 142 cm³/mol. The molecular weight excluding hydrogens is 521 g/mol. The van der Waals surface area contributed by atoms with Crippen LogP contribution >= 0.6 is 24.0 Å². The maximum absolute atomic E-state index is 11.4. The SMILES string of the molecule is CCNC(=NCc1ccc(CS(C)(=O)=O)cc1)NCC(C)(C)c1ccc(CC)cc1.I. The Morgan fingerprint density at radius 3 is 1.97 bits per heavy atom. The molecule has 0 aromatic heterocycles. The topological polar surface area (TPSA) is 70.6 Å². The lowest BCUT2D eigenvalue weighted by Gasteiger charge is -2.27. The van der Waals surface area contributed by atoms with Crippen LogP contribution in [0.15, 0.2) is 53.5 Å². The highest BCUT2D eigenvalue weighted by molar-refractivity contribution is 14.0. The van der Waals surface area contributed by atoms with Crippen LogP contribution in [0.1, 0.15) is 49.9 Å². The van der Waals surface area contributed by atoms with Crippen LogP contribution in [0.3, 0.4) is 0 Å². The van der Waals surface area contributed by atoms with Gasteiger partial charge in [-0.25, -0.2) is 13.4 Å². The monoisotopic (exact) mass is 557 g/mol. The van der Waals surface area contributed by atoms with Gasteiger partial charge < -0.3 is 10.6 Å². The van der Waals surface area contributed by atoms with Crippen LogP contribution < -0.4 is 10.6 Å². The van der Waals surface area contributed by atoms with Gasteiger partial charge in [0, 0.05) is 24.8 Å². The minimum Gasteiger partial charge on any atom is -0.357 e. The fraction of sp³-hybridized carbons (Fsp3) is 0.458. The molecule has 0 aliphatic carbocycles. The lowest BCUT2D eigenvalue weighted by molar-refractivity contribution is 0.508. The van der Waals surface area contributed by atoms with Gasteiger partial charge in [-0.1, -0.05) is 69.3 Å². The quantitative estimate of drug-likeness (QED) is 0.272. The third kappa shape index (κ3) is 9.60. The largest absolute Gasteiger partial charge is 0.357 e. The van der Waals surface area contributed by atoms with Crippen LogP contribution in [-0.2, 0) is 34.0 Å². The van der Waals surface area contributed by atoms with Gasteiger partial charge in [0.1, 0.15) is 0 Å². The van der Waals surface area contributed by atoms with Crippen LogP contribution in [0.25, 0.3) is 0 Å². The summed E-state index contributed by atoms with van der Waals surface area (Å²) in [5.74, 6) is 0.839. The lowest BCUT2D eigenvalue weighted by atomic mass is 9.84. The van der Waals surface area contributed by atoms with Crippen molar-refractivity contribution >= 4 is 39.8 Å². The summed E-state index contributed by atoms with van der Waals surface area (Å²) in [7, 11) is -3.02. The number of hydrogen-bond donors (Lipinski definition) is 2. The summed E-state index contributed by atoms with van der Waals surface area (Å²) in [6.45, 7) is 10.7. The third-order valence-corrected chi connectivity index (χ3v) is 5.91. The molecule has 2 aromatic carbocycles. The van der Waals surface area contributed by atoms with E-state index in [2.05, 4.69) is 60.7 Å². The molecule has 31 heavy (non-hydrogen) atoms. The summed E-state index contributed by atoms with van der Waals surface area (Å²) in [5.41, 5.74) is 4.45. The van der Waals surface area contributed by atoms with E-state index in [1.807, 2.05) is 31.2 Å². The number of halogens is 1. The van der Waals surface area contributed by atoms with Crippen molar-refractivity contribution < 1.29 is 8.42 Å². The number of sulfone groups is 1. The van der Waals surface area contributed by atoms with Gasteiger partial charge in [0.2, 0.25) is 0 Å². The summed E-state index contributed by atoms with van der Waals surface area (Å²) >= 11 is 0. The fourth-order valence-corrected chi connectivity index (χ4v) is 3.95. The van der Waals surface area contributed by atoms with Crippen molar-refractivity contribution in [1.29, 1.82) is 0 Å². The molecule has 0 aliphatic rings. The molecule has 0 aliphatic heterocycles. The van der Waals surface area contributed by atoms with Gasteiger partial charge in [-0.05, 0) is 35.6 Å². The molecule has 5 nitrogen and oxygen atoms in total. The highest BCUT2D eigenvalue weighted by Crippen LogP contribution is 2.22. The van der Waals surface area contributed by atoms with Crippen molar-refractivity contribution in [3.05, 3.63) is 70.8 Å². The average Bonchev–Trinajstić information content (AvgIpc) is 2.70. The van der Waals surface area contributed by atoms with Crippen LogP contribution in [0, 0.1) is 0 Å². The van der Waals surface area contributed by atoms with E-state index in [1.54, 1.807) is 0 Å². The molecule has 0 amide bonds. The van der Waals surface area contributed by atoms with Crippen molar-refractivity contribution in [1.82, 2.24) is 10.6 Å². The molecule has 0 saturated heterocycles. The number of aryl methyl sites for hydroxylation is 1.